The third-order valence-corrected chi connectivity index (χ3v) is 1.54. The third kappa shape index (κ3) is 0.797. The van der Waals surface area contributed by atoms with E-state index in [2.05, 4.69) is 5.10 Å². The van der Waals surface area contributed by atoms with E-state index in [0.29, 0.717) is 0 Å². The van der Waals surface area contributed by atoms with Crippen molar-refractivity contribution in [2.45, 2.75) is 0 Å². The molecule has 0 bridgehead atoms. The Hall–Kier alpha value is -1.71. The van der Waals surface area contributed by atoms with E-state index in [4.69, 9.17) is 5.11 Å². The zero-order chi connectivity index (χ0) is 7.84. The van der Waals surface area contributed by atoms with Crippen molar-refractivity contribution in [2.24, 2.45) is 0 Å². The summed E-state index contributed by atoms with van der Waals surface area (Å²) in [6.07, 6.45) is 1.77. The Bertz CT molecular complexity index is 371. The minimum Gasteiger partial charge on any atom is -0.477 e. The molecule has 0 aliphatic heterocycles. The molecule has 0 fully saturated rings. The Labute approximate surface area is 62.0 Å². The van der Waals surface area contributed by atoms with E-state index >= 15 is 0 Å². The van der Waals surface area contributed by atoms with Crippen LogP contribution in [0.1, 0.15) is 10.5 Å². The standard InChI is InChI=1S/C7H6N2O2/c10-7(11)6-4-5-2-1-3-9(5)8-6/h1-4,8H,(H,10,11). The Kier molecular flexibility index (Phi) is 1.03. The van der Waals surface area contributed by atoms with Gasteiger partial charge in [0.25, 0.3) is 0 Å². The van der Waals surface area contributed by atoms with Gasteiger partial charge in [-0.25, -0.2) is 4.79 Å². The van der Waals surface area contributed by atoms with Crippen molar-refractivity contribution >= 4 is 11.5 Å². The predicted octanol–water partition coefficient (Wildman–Crippen LogP) is 0.966. The molecule has 0 saturated carbocycles. The van der Waals surface area contributed by atoms with Gasteiger partial charge in [-0.3, -0.25) is 9.61 Å². The highest BCUT2D eigenvalue weighted by Gasteiger charge is 2.05. The average Bonchev–Trinajstić information content (AvgIpc) is 2.40. The molecule has 4 nitrogen and oxygen atoms in total. The number of hydrogen-bond donors (Lipinski definition) is 2. The van der Waals surface area contributed by atoms with Crippen LogP contribution in [0.5, 0.6) is 0 Å². The summed E-state index contributed by atoms with van der Waals surface area (Å²) in [4.78, 5) is 10.4. The van der Waals surface area contributed by atoms with Crippen LogP contribution in [-0.2, 0) is 0 Å². The van der Waals surface area contributed by atoms with Gasteiger partial charge in [0.2, 0.25) is 0 Å². The van der Waals surface area contributed by atoms with Gasteiger partial charge < -0.3 is 5.11 Å². The third-order valence-electron chi connectivity index (χ3n) is 1.54. The number of carbonyl (C=O) groups is 1. The molecule has 0 spiro atoms. The van der Waals surface area contributed by atoms with E-state index in [9.17, 15) is 4.79 Å². The first-order valence-electron chi connectivity index (χ1n) is 3.17. The van der Waals surface area contributed by atoms with Gasteiger partial charge in [0.15, 0.2) is 0 Å². The smallest absolute Gasteiger partial charge is 0.353 e. The quantitative estimate of drug-likeness (QED) is 0.636. The highest BCUT2D eigenvalue weighted by atomic mass is 16.4. The molecule has 11 heavy (non-hydrogen) atoms. The van der Waals surface area contributed by atoms with Crippen LogP contribution in [0.2, 0.25) is 0 Å². The fourth-order valence-corrected chi connectivity index (χ4v) is 1.03. The molecule has 2 heterocycles. The zero-order valence-electron chi connectivity index (χ0n) is 5.61. The number of nitrogens with zero attached hydrogens (tertiary/aromatic N) is 1. The van der Waals surface area contributed by atoms with Crippen molar-refractivity contribution < 1.29 is 9.90 Å². The first-order chi connectivity index (χ1) is 5.27. The molecule has 0 aromatic carbocycles. The number of carboxylic acids is 1. The number of aromatic amines is 1. The minimum absolute atomic E-state index is 0.209. The highest BCUT2D eigenvalue weighted by molar-refractivity contribution is 5.87. The number of aromatic carboxylic acids is 1. The molecule has 56 valence electrons. The van der Waals surface area contributed by atoms with Crippen molar-refractivity contribution in [3.05, 3.63) is 30.1 Å². The molecule has 0 aliphatic rings. The van der Waals surface area contributed by atoms with Gasteiger partial charge in [0.05, 0.1) is 5.52 Å². The van der Waals surface area contributed by atoms with Gasteiger partial charge in [0.1, 0.15) is 5.69 Å². The average molecular weight is 150 g/mol. The second kappa shape index (κ2) is 1.88. The first-order valence-corrected chi connectivity index (χ1v) is 3.17. The maximum absolute atomic E-state index is 10.4. The second-order valence-electron chi connectivity index (χ2n) is 2.28. The summed E-state index contributed by atoms with van der Waals surface area (Å²) in [5.74, 6) is -0.936. The molecule has 0 unspecified atom stereocenters. The van der Waals surface area contributed by atoms with Gasteiger partial charge in [-0.1, -0.05) is 0 Å². The van der Waals surface area contributed by atoms with Crippen molar-refractivity contribution in [2.75, 3.05) is 0 Å². The summed E-state index contributed by atoms with van der Waals surface area (Å²) in [6, 6.07) is 5.27. The van der Waals surface area contributed by atoms with Gasteiger partial charge in [-0.15, -0.1) is 0 Å². The predicted molar refractivity (Wildman–Crippen MR) is 38.7 cm³/mol. The molecule has 2 rings (SSSR count). The molecular formula is C7H6N2O2. The number of hydrogen-bond acceptors (Lipinski definition) is 1. The summed E-state index contributed by atoms with van der Waals surface area (Å²) in [6.45, 7) is 0. The van der Waals surface area contributed by atoms with Crippen LogP contribution in [-0.4, -0.2) is 20.7 Å². The van der Waals surface area contributed by atoms with E-state index in [1.165, 1.54) is 0 Å². The van der Waals surface area contributed by atoms with Crippen LogP contribution >= 0.6 is 0 Å². The van der Waals surface area contributed by atoms with Crippen LogP contribution in [0.15, 0.2) is 24.4 Å². The van der Waals surface area contributed by atoms with E-state index in [1.54, 1.807) is 16.8 Å². The van der Waals surface area contributed by atoms with E-state index < -0.39 is 5.97 Å². The Morgan fingerprint density at radius 2 is 2.45 bits per heavy atom. The number of carboxylic acid groups (broad SMARTS) is 1. The summed E-state index contributed by atoms with van der Waals surface area (Å²) in [5, 5.41) is 11.3. The highest BCUT2D eigenvalue weighted by Crippen LogP contribution is 2.05. The molecule has 4 heteroatoms. The molecule has 2 aromatic rings. The Morgan fingerprint density at radius 3 is 3.09 bits per heavy atom. The number of H-pyrrole nitrogens is 1. The summed E-state index contributed by atoms with van der Waals surface area (Å²) in [5.41, 5.74) is 1.07. The number of nitrogens with one attached hydrogen (secondary N) is 1. The molecule has 0 atom stereocenters. The first kappa shape index (κ1) is 6.03. The van der Waals surface area contributed by atoms with Crippen molar-refractivity contribution in [3.63, 3.8) is 0 Å². The minimum atomic E-state index is -0.936. The topological polar surface area (TPSA) is 57.5 Å². The fraction of sp³-hybridized carbons (Fsp3) is 0. The van der Waals surface area contributed by atoms with Crippen LogP contribution in [0, 0.1) is 0 Å². The summed E-state index contributed by atoms with van der Waals surface area (Å²) in [7, 11) is 0. The lowest BCUT2D eigenvalue weighted by atomic mass is 10.4. The van der Waals surface area contributed by atoms with Crippen molar-refractivity contribution in [1.29, 1.82) is 0 Å². The number of rotatable bonds is 1. The molecule has 0 radical (unpaired) electrons. The van der Waals surface area contributed by atoms with Gasteiger partial charge in [-0.2, -0.15) is 0 Å². The lowest BCUT2D eigenvalue weighted by Gasteiger charge is -1.83. The van der Waals surface area contributed by atoms with Crippen LogP contribution < -0.4 is 0 Å². The van der Waals surface area contributed by atoms with E-state index in [0.717, 1.165) is 5.52 Å². The molecule has 2 N–H and O–H groups in total. The van der Waals surface area contributed by atoms with Crippen molar-refractivity contribution in [1.82, 2.24) is 9.61 Å². The van der Waals surface area contributed by atoms with E-state index in [-0.39, 0.29) is 5.69 Å². The normalized spacial score (nSPS) is 10.5. The monoisotopic (exact) mass is 150 g/mol. The summed E-state index contributed by atoms with van der Waals surface area (Å²) >= 11 is 0. The largest absolute Gasteiger partial charge is 0.477 e. The number of fused-ring (bicyclic) bond motifs is 1. The maximum Gasteiger partial charge on any atom is 0.353 e. The fourth-order valence-electron chi connectivity index (χ4n) is 1.03. The van der Waals surface area contributed by atoms with Gasteiger partial charge >= 0.3 is 5.97 Å². The zero-order valence-corrected chi connectivity index (χ0v) is 5.61. The molecule has 0 amide bonds. The van der Waals surface area contributed by atoms with Crippen LogP contribution in [0.4, 0.5) is 0 Å². The molecule has 2 aromatic heterocycles. The van der Waals surface area contributed by atoms with Gasteiger partial charge in [0, 0.05) is 6.20 Å². The van der Waals surface area contributed by atoms with Crippen molar-refractivity contribution in [3.8, 4) is 0 Å². The van der Waals surface area contributed by atoms with E-state index in [1.807, 2.05) is 12.1 Å². The second-order valence-corrected chi connectivity index (χ2v) is 2.28. The Balaban J connectivity index is 2.67. The Morgan fingerprint density at radius 1 is 1.64 bits per heavy atom. The lowest BCUT2D eigenvalue weighted by Crippen LogP contribution is -1.96. The maximum atomic E-state index is 10.4. The molecule has 0 saturated heterocycles. The van der Waals surface area contributed by atoms with Crippen LogP contribution in [0.3, 0.4) is 0 Å². The number of aromatic nitrogens is 2. The molecule has 0 aliphatic carbocycles. The molecular weight excluding hydrogens is 144 g/mol. The van der Waals surface area contributed by atoms with Gasteiger partial charge in [-0.05, 0) is 18.2 Å². The van der Waals surface area contributed by atoms with Crippen LogP contribution in [0.25, 0.3) is 5.52 Å². The SMILES string of the molecule is O=C(O)c1cc2cccn2[nH]1. The summed E-state index contributed by atoms with van der Waals surface area (Å²) < 4.78 is 1.66. The lowest BCUT2D eigenvalue weighted by molar-refractivity contribution is 0.0690.